The summed E-state index contributed by atoms with van der Waals surface area (Å²) in [6.45, 7) is 5.40. The van der Waals surface area contributed by atoms with E-state index in [2.05, 4.69) is 46.4 Å². The van der Waals surface area contributed by atoms with Gasteiger partial charge < -0.3 is 19.9 Å². The predicted molar refractivity (Wildman–Crippen MR) is 140 cm³/mol. The van der Waals surface area contributed by atoms with Gasteiger partial charge in [0.2, 0.25) is 5.91 Å². The number of carbonyl (C=O) groups is 1. The number of rotatable bonds is 8. The molecule has 1 aliphatic rings. The number of nitrogens with zero attached hydrogens (tertiary/aromatic N) is 3. The van der Waals surface area contributed by atoms with Crippen molar-refractivity contribution in [3.05, 3.63) is 71.8 Å². The standard InChI is InChI=1S/C25H34N4O2.HI/c1-20(23-12-8-5-9-13-23)27-25(26-16-24(30)28(2)3)29-15-14-22(17-29)19-31-18-21-10-6-4-7-11-21;/h4-13,20,22H,14-19H2,1-3H3,(H,26,27);1H. The summed E-state index contributed by atoms with van der Waals surface area (Å²) in [7, 11) is 3.51. The molecule has 1 heterocycles. The van der Waals surface area contributed by atoms with Crippen molar-refractivity contribution in [2.45, 2.75) is 26.0 Å². The fourth-order valence-corrected chi connectivity index (χ4v) is 3.62. The van der Waals surface area contributed by atoms with Gasteiger partial charge in [-0.2, -0.15) is 0 Å². The van der Waals surface area contributed by atoms with Crippen molar-refractivity contribution < 1.29 is 9.53 Å². The molecule has 0 aliphatic carbocycles. The van der Waals surface area contributed by atoms with Crippen LogP contribution in [-0.2, 0) is 16.1 Å². The molecule has 2 unspecified atom stereocenters. The summed E-state index contributed by atoms with van der Waals surface area (Å²) >= 11 is 0. The topological polar surface area (TPSA) is 57.2 Å². The van der Waals surface area contributed by atoms with Crippen LogP contribution < -0.4 is 5.32 Å². The Bertz CT molecular complexity index is 846. The Morgan fingerprint density at radius 1 is 1.16 bits per heavy atom. The van der Waals surface area contributed by atoms with E-state index in [0.717, 1.165) is 32.1 Å². The molecule has 0 spiro atoms. The second-order valence-corrected chi connectivity index (χ2v) is 8.31. The first-order chi connectivity index (χ1) is 15.0. The van der Waals surface area contributed by atoms with Gasteiger partial charge in [0.05, 0.1) is 19.3 Å². The maximum atomic E-state index is 12.1. The summed E-state index contributed by atoms with van der Waals surface area (Å²) in [5.41, 5.74) is 2.39. The van der Waals surface area contributed by atoms with Gasteiger partial charge in [0.25, 0.3) is 0 Å². The Morgan fingerprint density at radius 3 is 2.47 bits per heavy atom. The monoisotopic (exact) mass is 550 g/mol. The van der Waals surface area contributed by atoms with Crippen LogP contribution in [0.5, 0.6) is 0 Å². The average molecular weight is 550 g/mol. The highest BCUT2D eigenvalue weighted by molar-refractivity contribution is 14.0. The summed E-state index contributed by atoms with van der Waals surface area (Å²) in [6.07, 6.45) is 1.05. The van der Waals surface area contributed by atoms with Gasteiger partial charge in [-0.05, 0) is 24.5 Å². The second kappa shape index (κ2) is 13.4. The van der Waals surface area contributed by atoms with Gasteiger partial charge >= 0.3 is 0 Å². The third kappa shape index (κ3) is 8.09. The quantitative estimate of drug-likeness (QED) is 0.308. The molecule has 1 fully saturated rings. The highest BCUT2D eigenvalue weighted by atomic mass is 127. The molecule has 3 rings (SSSR count). The molecule has 1 amide bonds. The molecule has 1 saturated heterocycles. The predicted octanol–water partition coefficient (Wildman–Crippen LogP) is 3.94. The van der Waals surface area contributed by atoms with Crippen molar-refractivity contribution in [1.82, 2.24) is 15.1 Å². The normalized spacial score (nSPS) is 16.9. The first-order valence-corrected chi connectivity index (χ1v) is 11.0. The smallest absolute Gasteiger partial charge is 0.243 e. The molecule has 0 radical (unpaired) electrons. The average Bonchev–Trinajstić information content (AvgIpc) is 3.26. The number of guanidine groups is 1. The molecule has 174 valence electrons. The minimum absolute atomic E-state index is 0. The molecule has 2 atom stereocenters. The molecule has 6 nitrogen and oxygen atoms in total. The number of halogens is 1. The molecule has 0 aromatic heterocycles. The molecule has 7 heteroatoms. The number of benzene rings is 2. The van der Waals surface area contributed by atoms with E-state index >= 15 is 0 Å². The zero-order chi connectivity index (χ0) is 22.1. The van der Waals surface area contributed by atoms with Crippen LogP contribution in [0.1, 0.15) is 30.5 Å². The van der Waals surface area contributed by atoms with Crippen molar-refractivity contribution in [1.29, 1.82) is 0 Å². The summed E-state index contributed by atoms with van der Waals surface area (Å²) < 4.78 is 5.96. The van der Waals surface area contributed by atoms with Crippen LogP contribution in [0.3, 0.4) is 0 Å². The first kappa shape index (κ1) is 26.1. The van der Waals surface area contributed by atoms with Crippen molar-refractivity contribution in [3.8, 4) is 0 Å². The van der Waals surface area contributed by atoms with Crippen molar-refractivity contribution in [3.63, 3.8) is 0 Å². The van der Waals surface area contributed by atoms with E-state index < -0.39 is 0 Å². The maximum absolute atomic E-state index is 12.1. The third-order valence-corrected chi connectivity index (χ3v) is 5.56. The van der Waals surface area contributed by atoms with E-state index in [9.17, 15) is 4.79 Å². The zero-order valence-corrected chi connectivity index (χ0v) is 21.6. The fourth-order valence-electron chi connectivity index (χ4n) is 3.62. The van der Waals surface area contributed by atoms with Crippen LogP contribution in [0.4, 0.5) is 0 Å². The van der Waals surface area contributed by atoms with Crippen LogP contribution in [0.15, 0.2) is 65.7 Å². The third-order valence-electron chi connectivity index (χ3n) is 5.56. The number of likely N-dealkylation sites (N-methyl/N-ethyl adjacent to an activating group) is 1. The molecule has 32 heavy (non-hydrogen) atoms. The molecule has 0 saturated carbocycles. The Labute approximate surface area is 209 Å². The lowest BCUT2D eigenvalue weighted by Crippen LogP contribution is -2.42. The number of carbonyl (C=O) groups excluding carboxylic acids is 1. The van der Waals surface area contributed by atoms with Crippen LogP contribution in [0.25, 0.3) is 0 Å². The van der Waals surface area contributed by atoms with Gasteiger partial charge in [-0.15, -0.1) is 24.0 Å². The van der Waals surface area contributed by atoms with Gasteiger partial charge in [0.1, 0.15) is 6.54 Å². The molecule has 1 aliphatic heterocycles. The van der Waals surface area contributed by atoms with Crippen LogP contribution >= 0.6 is 24.0 Å². The molecule has 0 bridgehead atoms. The van der Waals surface area contributed by atoms with Gasteiger partial charge in [-0.3, -0.25) is 4.79 Å². The highest BCUT2D eigenvalue weighted by Gasteiger charge is 2.26. The maximum Gasteiger partial charge on any atom is 0.243 e. The zero-order valence-electron chi connectivity index (χ0n) is 19.2. The van der Waals surface area contributed by atoms with Gasteiger partial charge in [-0.1, -0.05) is 60.7 Å². The number of hydrogen-bond acceptors (Lipinski definition) is 3. The SMILES string of the molecule is CC(NC(=NCC(=O)N(C)C)N1CCC(COCc2ccccc2)C1)c1ccccc1.I. The number of amides is 1. The van der Waals surface area contributed by atoms with Crippen LogP contribution in [0.2, 0.25) is 0 Å². The molecule has 2 aromatic carbocycles. The second-order valence-electron chi connectivity index (χ2n) is 8.31. The van der Waals surface area contributed by atoms with Crippen LogP contribution in [-0.4, -0.2) is 62.0 Å². The van der Waals surface area contributed by atoms with E-state index in [0.29, 0.717) is 12.5 Å². The summed E-state index contributed by atoms with van der Waals surface area (Å²) in [6, 6.07) is 20.7. The minimum Gasteiger partial charge on any atom is -0.376 e. The van der Waals surface area contributed by atoms with Gasteiger partial charge in [0, 0.05) is 33.1 Å². The molecular formula is C25H35IN4O2. The Morgan fingerprint density at radius 2 is 1.81 bits per heavy atom. The van der Waals surface area contributed by atoms with E-state index in [1.54, 1.807) is 19.0 Å². The lowest BCUT2D eigenvalue weighted by atomic mass is 10.1. The van der Waals surface area contributed by atoms with Crippen LogP contribution in [0, 0.1) is 5.92 Å². The number of aliphatic imine (C=N–C) groups is 1. The van der Waals surface area contributed by atoms with Gasteiger partial charge in [0.15, 0.2) is 5.96 Å². The summed E-state index contributed by atoms with van der Waals surface area (Å²) in [4.78, 5) is 20.6. The number of ether oxygens (including phenoxy) is 1. The Hall–Kier alpha value is -2.13. The van der Waals surface area contributed by atoms with E-state index in [4.69, 9.17) is 4.74 Å². The molecular weight excluding hydrogens is 515 g/mol. The molecule has 1 N–H and O–H groups in total. The van der Waals surface area contributed by atoms with Crippen molar-refractivity contribution >= 4 is 35.8 Å². The fraction of sp³-hybridized carbons (Fsp3) is 0.440. The summed E-state index contributed by atoms with van der Waals surface area (Å²) in [5, 5.41) is 3.54. The molecule has 2 aromatic rings. The van der Waals surface area contributed by atoms with E-state index in [1.807, 2.05) is 36.4 Å². The Kier molecular flexibility index (Phi) is 11.0. The number of hydrogen-bond donors (Lipinski definition) is 1. The highest BCUT2D eigenvalue weighted by Crippen LogP contribution is 2.19. The van der Waals surface area contributed by atoms with Crippen molar-refractivity contribution in [2.75, 3.05) is 40.3 Å². The Balaban J connectivity index is 0.00000363. The largest absolute Gasteiger partial charge is 0.376 e. The minimum atomic E-state index is -0.00592. The van der Waals surface area contributed by atoms with E-state index in [1.165, 1.54) is 11.1 Å². The van der Waals surface area contributed by atoms with Crippen molar-refractivity contribution in [2.24, 2.45) is 10.9 Å². The summed E-state index contributed by atoms with van der Waals surface area (Å²) in [5.74, 6) is 1.23. The number of nitrogens with one attached hydrogen (secondary N) is 1. The van der Waals surface area contributed by atoms with E-state index in [-0.39, 0.29) is 42.5 Å². The first-order valence-electron chi connectivity index (χ1n) is 11.0. The lowest BCUT2D eigenvalue weighted by molar-refractivity contribution is -0.127. The van der Waals surface area contributed by atoms with Gasteiger partial charge in [-0.25, -0.2) is 4.99 Å². The lowest BCUT2D eigenvalue weighted by Gasteiger charge is -2.26. The number of likely N-dealkylation sites (tertiary alicyclic amines) is 1.